The average Bonchev–Trinajstić information content (AvgIpc) is 2.40. The van der Waals surface area contributed by atoms with Crippen LogP contribution in [0.15, 0.2) is 56.1 Å². The molecule has 0 unspecified atom stereocenters. The lowest BCUT2D eigenvalue weighted by atomic mass is 9.91. The van der Waals surface area contributed by atoms with Gasteiger partial charge in [-0.25, -0.2) is 0 Å². The monoisotopic (exact) mass is 265 g/mol. The minimum absolute atomic E-state index is 0.811. The summed E-state index contributed by atoms with van der Waals surface area (Å²) in [5, 5.41) is 0. The fourth-order valence-electron chi connectivity index (χ4n) is 2.37. The summed E-state index contributed by atoms with van der Waals surface area (Å²) < 4.78 is 0. The van der Waals surface area contributed by atoms with E-state index in [1.54, 1.807) is 0 Å². The maximum Gasteiger partial charge on any atom is 0.0319 e. The van der Waals surface area contributed by atoms with Crippen LogP contribution in [0.1, 0.15) is 27.8 Å². The zero-order valence-corrected chi connectivity index (χ0v) is 12.7. The van der Waals surface area contributed by atoms with Crippen molar-refractivity contribution in [2.75, 3.05) is 5.73 Å². The molecular weight excluding hydrogens is 242 g/mol. The highest BCUT2D eigenvalue weighted by Gasteiger charge is 2.09. The van der Waals surface area contributed by atoms with Crippen molar-refractivity contribution in [3.8, 4) is 0 Å². The van der Waals surface area contributed by atoms with Crippen LogP contribution in [-0.4, -0.2) is 0 Å². The molecule has 20 heavy (non-hydrogen) atoms. The van der Waals surface area contributed by atoms with Crippen LogP contribution in [0.5, 0.6) is 0 Å². The fraction of sp³-hybridized carbons (Fsp3) is 0.158. The first-order valence-electron chi connectivity index (χ1n) is 6.62. The van der Waals surface area contributed by atoms with Crippen molar-refractivity contribution in [1.82, 2.24) is 0 Å². The molecule has 1 nitrogen and oxygen atoms in total. The van der Waals surface area contributed by atoms with Crippen molar-refractivity contribution < 1.29 is 0 Å². The first-order valence-corrected chi connectivity index (χ1v) is 6.62. The smallest absolute Gasteiger partial charge is 0.0319 e. The van der Waals surface area contributed by atoms with Gasteiger partial charge in [0.2, 0.25) is 0 Å². The van der Waals surface area contributed by atoms with E-state index in [4.69, 9.17) is 5.73 Å². The summed E-state index contributed by atoms with van der Waals surface area (Å²) in [5.74, 6) is 0. The van der Waals surface area contributed by atoms with E-state index in [0.29, 0.717) is 0 Å². The topological polar surface area (TPSA) is 26.0 Å². The van der Waals surface area contributed by atoms with Crippen LogP contribution in [0, 0.1) is 20.8 Å². The molecule has 0 amide bonds. The standard InChI is InChI=1S/C17H19N.C2H4/c1-11-5-7-15(8-6-11)14(4)17-12(2)9-16(18)10-13(17)3;1-2/h5-10H,4,18H2,1-3H3;1-2H2. The Morgan fingerprint density at radius 3 is 1.80 bits per heavy atom. The van der Waals surface area contributed by atoms with Crippen LogP contribution in [0.3, 0.4) is 0 Å². The number of nitrogens with two attached hydrogens (primary N) is 1. The van der Waals surface area contributed by atoms with E-state index >= 15 is 0 Å². The van der Waals surface area contributed by atoms with Gasteiger partial charge in [0.15, 0.2) is 0 Å². The van der Waals surface area contributed by atoms with Crippen LogP contribution < -0.4 is 5.73 Å². The van der Waals surface area contributed by atoms with Crippen molar-refractivity contribution in [2.24, 2.45) is 0 Å². The third kappa shape index (κ3) is 3.39. The largest absolute Gasteiger partial charge is 0.399 e. The Morgan fingerprint density at radius 1 is 0.900 bits per heavy atom. The minimum Gasteiger partial charge on any atom is -0.399 e. The van der Waals surface area contributed by atoms with E-state index in [0.717, 1.165) is 16.8 Å². The number of anilines is 1. The Hall–Kier alpha value is -2.28. The van der Waals surface area contributed by atoms with Gasteiger partial charge >= 0.3 is 0 Å². The summed E-state index contributed by atoms with van der Waals surface area (Å²) in [7, 11) is 0. The van der Waals surface area contributed by atoms with Crippen LogP contribution in [-0.2, 0) is 0 Å². The first kappa shape index (κ1) is 15.8. The Labute approximate surface area is 122 Å². The zero-order valence-electron chi connectivity index (χ0n) is 12.7. The highest BCUT2D eigenvalue weighted by Crippen LogP contribution is 2.29. The molecule has 2 rings (SSSR count). The number of benzene rings is 2. The highest BCUT2D eigenvalue weighted by atomic mass is 14.5. The van der Waals surface area contributed by atoms with Crippen LogP contribution in [0.25, 0.3) is 5.57 Å². The Morgan fingerprint density at radius 2 is 1.35 bits per heavy atom. The number of hydrogen-bond acceptors (Lipinski definition) is 1. The fourth-order valence-corrected chi connectivity index (χ4v) is 2.37. The molecule has 2 aromatic rings. The van der Waals surface area contributed by atoms with Crippen molar-refractivity contribution in [3.63, 3.8) is 0 Å². The van der Waals surface area contributed by atoms with Gasteiger partial charge in [0.1, 0.15) is 0 Å². The van der Waals surface area contributed by atoms with Crippen LogP contribution >= 0.6 is 0 Å². The maximum atomic E-state index is 5.86. The van der Waals surface area contributed by atoms with E-state index in [1.165, 1.54) is 22.3 Å². The van der Waals surface area contributed by atoms with Crippen molar-refractivity contribution >= 4 is 11.3 Å². The van der Waals surface area contributed by atoms with Crippen molar-refractivity contribution in [3.05, 3.63) is 84.0 Å². The zero-order chi connectivity index (χ0) is 15.3. The molecule has 0 atom stereocenters. The molecular formula is C19H23N. The number of nitrogen functional groups attached to an aromatic ring is 1. The van der Waals surface area contributed by atoms with E-state index < -0.39 is 0 Å². The molecule has 2 N–H and O–H groups in total. The lowest BCUT2D eigenvalue weighted by Crippen LogP contribution is -1.97. The van der Waals surface area contributed by atoms with Crippen molar-refractivity contribution in [1.29, 1.82) is 0 Å². The second-order valence-corrected chi connectivity index (χ2v) is 4.87. The predicted octanol–water partition coefficient (Wildman–Crippen LogP) is 5.06. The summed E-state index contributed by atoms with van der Waals surface area (Å²) in [6.45, 7) is 16.5. The first-order chi connectivity index (χ1) is 9.49. The van der Waals surface area contributed by atoms with Gasteiger partial charge < -0.3 is 5.73 Å². The summed E-state index contributed by atoms with van der Waals surface area (Å²) in [6, 6.07) is 12.5. The molecule has 0 heterocycles. The van der Waals surface area contributed by atoms with Gasteiger partial charge in [0.25, 0.3) is 0 Å². The number of aryl methyl sites for hydroxylation is 3. The second kappa shape index (κ2) is 6.76. The van der Waals surface area contributed by atoms with Crippen molar-refractivity contribution in [2.45, 2.75) is 20.8 Å². The number of hydrogen-bond donors (Lipinski definition) is 1. The van der Waals surface area contributed by atoms with Gasteiger partial charge in [-0.2, -0.15) is 0 Å². The quantitative estimate of drug-likeness (QED) is 0.596. The molecule has 104 valence electrons. The molecule has 0 aromatic heterocycles. The lowest BCUT2D eigenvalue weighted by Gasteiger charge is -2.14. The molecule has 0 saturated carbocycles. The predicted molar refractivity (Wildman–Crippen MR) is 90.9 cm³/mol. The third-order valence-corrected chi connectivity index (χ3v) is 3.26. The molecule has 1 heteroatoms. The molecule has 0 spiro atoms. The van der Waals surface area contributed by atoms with Gasteiger partial charge in [-0.3, -0.25) is 0 Å². The lowest BCUT2D eigenvalue weighted by molar-refractivity contribution is 1.33. The average molecular weight is 265 g/mol. The van der Waals surface area contributed by atoms with E-state index in [-0.39, 0.29) is 0 Å². The van der Waals surface area contributed by atoms with E-state index in [1.807, 2.05) is 12.1 Å². The van der Waals surface area contributed by atoms with E-state index in [2.05, 4.69) is 64.8 Å². The Balaban J connectivity index is 0.000000956. The highest BCUT2D eigenvalue weighted by molar-refractivity contribution is 5.82. The molecule has 0 aliphatic rings. The molecule has 0 radical (unpaired) electrons. The molecule has 0 bridgehead atoms. The summed E-state index contributed by atoms with van der Waals surface area (Å²) >= 11 is 0. The summed E-state index contributed by atoms with van der Waals surface area (Å²) in [5.41, 5.74) is 13.7. The molecule has 2 aromatic carbocycles. The van der Waals surface area contributed by atoms with Gasteiger partial charge in [0.05, 0.1) is 0 Å². The summed E-state index contributed by atoms with van der Waals surface area (Å²) in [4.78, 5) is 0. The number of rotatable bonds is 2. The molecule has 0 saturated heterocycles. The van der Waals surface area contributed by atoms with Gasteiger partial charge in [0, 0.05) is 5.69 Å². The van der Waals surface area contributed by atoms with Crippen LogP contribution in [0.4, 0.5) is 5.69 Å². The normalized spacial score (nSPS) is 9.55. The Bertz CT molecular complexity index is 583. The van der Waals surface area contributed by atoms with Gasteiger partial charge in [-0.1, -0.05) is 36.4 Å². The SMILES string of the molecule is C=C.C=C(c1ccc(C)cc1)c1c(C)cc(N)cc1C. The summed E-state index contributed by atoms with van der Waals surface area (Å²) in [6.07, 6.45) is 0. The second-order valence-electron chi connectivity index (χ2n) is 4.87. The minimum atomic E-state index is 0.811. The third-order valence-electron chi connectivity index (χ3n) is 3.26. The molecule has 0 fully saturated rings. The van der Waals surface area contributed by atoms with Crippen LogP contribution in [0.2, 0.25) is 0 Å². The Kier molecular flexibility index (Phi) is 5.33. The maximum absolute atomic E-state index is 5.86. The molecule has 0 aliphatic heterocycles. The van der Waals surface area contributed by atoms with Gasteiger partial charge in [-0.05, 0) is 60.7 Å². The van der Waals surface area contributed by atoms with Gasteiger partial charge in [-0.15, -0.1) is 13.2 Å². The molecule has 0 aliphatic carbocycles. The van der Waals surface area contributed by atoms with E-state index in [9.17, 15) is 0 Å².